The minimum Gasteiger partial charge on any atom is -0.343 e. The van der Waals surface area contributed by atoms with Gasteiger partial charge in [-0.05, 0) is 31.7 Å². The summed E-state index contributed by atoms with van der Waals surface area (Å²) in [6, 6.07) is 8.72. The zero-order valence-corrected chi connectivity index (χ0v) is 15.0. The van der Waals surface area contributed by atoms with Crippen molar-refractivity contribution in [2.24, 2.45) is 10.9 Å². The van der Waals surface area contributed by atoms with Crippen LogP contribution in [0.15, 0.2) is 29.3 Å². The molecule has 1 fully saturated rings. The maximum Gasteiger partial charge on any atom is 0.230 e. The molecule has 2 aliphatic rings. The van der Waals surface area contributed by atoms with Crippen molar-refractivity contribution in [2.75, 3.05) is 18.7 Å². The largest absolute Gasteiger partial charge is 0.343 e. The van der Waals surface area contributed by atoms with Gasteiger partial charge < -0.3 is 5.32 Å². The summed E-state index contributed by atoms with van der Waals surface area (Å²) in [7, 11) is 0. The molecule has 2 aromatic rings. The summed E-state index contributed by atoms with van der Waals surface area (Å²) in [6.07, 6.45) is 5.33. The molecule has 1 aromatic heterocycles. The zero-order chi connectivity index (χ0) is 17.2. The average Bonchev–Trinajstić information content (AvgIpc) is 2.63. The van der Waals surface area contributed by atoms with Gasteiger partial charge in [0.1, 0.15) is 0 Å². The van der Waals surface area contributed by atoms with Gasteiger partial charge in [0.2, 0.25) is 11.9 Å². The molecule has 1 aliphatic heterocycles. The highest BCUT2D eigenvalue weighted by Gasteiger charge is 2.28. The normalized spacial score (nSPS) is 24.6. The maximum absolute atomic E-state index is 4.67. The second-order valence-electron chi connectivity index (χ2n) is 7.18. The predicted octanol–water partition coefficient (Wildman–Crippen LogP) is 3.11. The van der Waals surface area contributed by atoms with Gasteiger partial charge in [-0.3, -0.25) is 10.2 Å². The Hall–Kier alpha value is -2.21. The summed E-state index contributed by atoms with van der Waals surface area (Å²) in [6.45, 7) is 5.94. The van der Waals surface area contributed by atoms with Crippen LogP contribution in [0, 0.1) is 12.8 Å². The van der Waals surface area contributed by atoms with E-state index in [1.807, 2.05) is 31.2 Å². The summed E-state index contributed by atoms with van der Waals surface area (Å²) < 4.78 is 0. The smallest absolute Gasteiger partial charge is 0.230 e. The molecule has 2 heterocycles. The monoisotopic (exact) mass is 338 g/mol. The van der Waals surface area contributed by atoms with E-state index >= 15 is 0 Å². The third kappa shape index (κ3) is 3.44. The number of nitrogens with zero attached hydrogens (tertiary/aromatic N) is 4. The number of aryl methyl sites for hydroxylation is 1. The van der Waals surface area contributed by atoms with Crippen LogP contribution in [0.1, 0.15) is 38.3 Å². The number of hydrogen-bond acceptors (Lipinski definition) is 6. The van der Waals surface area contributed by atoms with Crippen LogP contribution >= 0.6 is 0 Å². The summed E-state index contributed by atoms with van der Waals surface area (Å²) in [5, 5.41) is 7.71. The molecule has 0 unspecified atom stereocenters. The molecule has 6 heteroatoms. The van der Waals surface area contributed by atoms with Gasteiger partial charge in [0.05, 0.1) is 24.5 Å². The first-order valence-electron chi connectivity index (χ1n) is 9.23. The second kappa shape index (κ2) is 6.96. The molecule has 0 bridgehead atoms. The molecule has 6 nitrogen and oxygen atoms in total. The molecule has 4 rings (SSSR count). The Bertz CT molecular complexity index is 787. The van der Waals surface area contributed by atoms with Crippen LogP contribution in [0.25, 0.3) is 10.9 Å². The van der Waals surface area contributed by atoms with E-state index in [0.717, 1.165) is 41.8 Å². The quantitative estimate of drug-likeness (QED) is 0.881. The molecular weight excluding hydrogens is 312 g/mol. The van der Waals surface area contributed by atoms with Crippen LogP contribution in [0.2, 0.25) is 0 Å². The van der Waals surface area contributed by atoms with Crippen molar-refractivity contribution < 1.29 is 0 Å². The van der Waals surface area contributed by atoms with Crippen LogP contribution in [0.4, 0.5) is 5.95 Å². The fraction of sp³-hybridized carbons (Fsp3) is 0.526. The van der Waals surface area contributed by atoms with Gasteiger partial charge in [0.25, 0.3) is 0 Å². The number of guanidine groups is 1. The number of aromatic nitrogens is 2. The second-order valence-corrected chi connectivity index (χ2v) is 7.18. The molecule has 2 atom stereocenters. The summed E-state index contributed by atoms with van der Waals surface area (Å²) in [5.41, 5.74) is 1.92. The lowest BCUT2D eigenvalue weighted by Gasteiger charge is -2.39. The molecule has 0 saturated heterocycles. The van der Waals surface area contributed by atoms with Crippen LogP contribution < -0.4 is 10.6 Å². The van der Waals surface area contributed by atoms with Gasteiger partial charge in [-0.1, -0.05) is 38.0 Å². The molecule has 0 spiro atoms. The number of para-hydroxylation sites is 1. The molecule has 2 N–H and O–H groups in total. The Morgan fingerprint density at radius 2 is 2.00 bits per heavy atom. The Morgan fingerprint density at radius 3 is 2.80 bits per heavy atom. The Kier molecular flexibility index (Phi) is 4.53. The first kappa shape index (κ1) is 16.3. The fourth-order valence-corrected chi connectivity index (χ4v) is 3.99. The van der Waals surface area contributed by atoms with Crippen LogP contribution in [-0.4, -0.2) is 40.2 Å². The molecule has 0 radical (unpaired) electrons. The van der Waals surface area contributed by atoms with E-state index in [4.69, 9.17) is 0 Å². The minimum absolute atomic E-state index is 0.599. The van der Waals surface area contributed by atoms with E-state index in [-0.39, 0.29) is 0 Å². The highest BCUT2D eigenvalue weighted by Crippen LogP contribution is 2.28. The van der Waals surface area contributed by atoms with E-state index in [0.29, 0.717) is 12.0 Å². The highest BCUT2D eigenvalue weighted by atomic mass is 15.4. The first-order chi connectivity index (χ1) is 12.2. The highest BCUT2D eigenvalue weighted by molar-refractivity contribution is 5.93. The minimum atomic E-state index is 0.599. The molecule has 25 heavy (non-hydrogen) atoms. The van der Waals surface area contributed by atoms with E-state index in [9.17, 15) is 0 Å². The molecule has 1 aromatic carbocycles. The van der Waals surface area contributed by atoms with Gasteiger partial charge >= 0.3 is 0 Å². The van der Waals surface area contributed by atoms with Gasteiger partial charge in [0, 0.05) is 11.4 Å². The SMILES string of the molecule is Cc1nc(NC2=NCN([C@@H]3CCCC[C@H]3C)CN2)nc2ccccc12. The lowest BCUT2D eigenvalue weighted by atomic mass is 9.85. The van der Waals surface area contributed by atoms with Crippen molar-refractivity contribution in [3.05, 3.63) is 30.0 Å². The first-order valence-corrected chi connectivity index (χ1v) is 9.23. The van der Waals surface area contributed by atoms with E-state index < -0.39 is 0 Å². The lowest BCUT2D eigenvalue weighted by molar-refractivity contribution is 0.107. The average molecular weight is 338 g/mol. The Labute approximate surface area is 148 Å². The van der Waals surface area contributed by atoms with Gasteiger partial charge in [-0.15, -0.1) is 0 Å². The third-order valence-corrected chi connectivity index (χ3v) is 5.42. The number of aliphatic imine (C=N–C) groups is 1. The fourth-order valence-electron chi connectivity index (χ4n) is 3.99. The van der Waals surface area contributed by atoms with Crippen molar-refractivity contribution in [3.63, 3.8) is 0 Å². The summed E-state index contributed by atoms with van der Waals surface area (Å²) in [5.74, 6) is 2.11. The Morgan fingerprint density at radius 1 is 1.16 bits per heavy atom. The summed E-state index contributed by atoms with van der Waals surface area (Å²) in [4.78, 5) is 16.3. The van der Waals surface area contributed by atoms with Gasteiger partial charge in [0.15, 0.2) is 0 Å². The maximum atomic E-state index is 4.67. The standard InChI is InChI=1S/C19H26N6/c1-13-7-3-6-10-17(13)25-11-20-18(21-12-25)24-19-22-14(2)15-8-4-5-9-16(15)23-19/h4-5,8-9,13,17H,3,6-7,10-12H2,1-2H3,(H2,20,21,22,23,24)/t13-,17-/m1/s1. The van der Waals surface area contributed by atoms with Crippen LogP contribution in [0.5, 0.6) is 0 Å². The van der Waals surface area contributed by atoms with Crippen molar-refractivity contribution in [1.29, 1.82) is 0 Å². The number of benzene rings is 1. The van der Waals surface area contributed by atoms with Gasteiger partial charge in [-0.25, -0.2) is 15.0 Å². The van der Waals surface area contributed by atoms with E-state index in [1.54, 1.807) is 0 Å². The van der Waals surface area contributed by atoms with Crippen LogP contribution in [-0.2, 0) is 0 Å². The van der Waals surface area contributed by atoms with Crippen molar-refractivity contribution in [1.82, 2.24) is 20.2 Å². The Balaban J connectivity index is 1.45. The van der Waals surface area contributed by atoms with Crippen molar-refractivity contribution in [2.45, 2.75) is 45.6 Å². The zero-order valence-electron chi connectivity index (χ0n) is 15.0. The van der Waals surface area contributed by atoms with Crippen molar-refractivity contribution in [3.8, 4) is 0 Å². The van der Waals surface area contributed by atoms with E-state index in [1.165, 1.54) is 25.7 Å². The number of fused-ring (bicyclic) bond motifs is 1. The molecule has 1 aliphatic carbocycles. The third-order valence-electron chi connectivity index (χ3n) is 5.42. The number of hydrogen-bond donors (Lipinski definition) is 2. The van der Waals surface area contributed by atoms with Crippen LogP contribution in [0.3, 0.4) is 0 Å². The topological polar surface area (TPSA) is 65.4 Å². The van der Waals surface area contributed by atoms with Gasteiger partial charge in [-0.2, -0.15) is 0 Å². The summed E-state index contributed by atoms with van der Waals surface area (Å²) >= 11 is 0. The van der Waals surface area contributed by atoms with E-state index in [2.05, 4.69) is 37.4 Å². The molecular formula is C19H26N6. The number of rotatable bonds is 2. The molecule has 132 valence electrons. The van der Waals surface area contributed by atoms with Crippen molar-refractivity contribution >= 4 is 22.8 Å². The molecule has 1 saturated carbocycles. The predicted molar refractivity (Wildman–Crippen MR) is 101 cm³/mol. The number of anilines is 1. The lowest BCUT2D eigenvalue weighted by Crippen LogP contribution is -2.52. The number of nitrogens with one attached hydrogen (secondary N) is 2. The molecule has 0 amide bonds.